The third-order valence-corrected chi connectivity index (χ3v) is 6.30. The van der Waals surface area contributed by atoms with Gasteiger partial charge in [0, 0.05) is 29.3 Å². The van der Waals surface area contributed by atoms with Crippen molar-refractivity contribution in [3.05, 3.63) is 52.2 Å². The van der Waals surface area contributed by atoms with E-state index in [1.807, 2.05) is 13.8 Å². The van der Waals surface area contributed by atoms with Gasteiger partial charge in [-0.25, -0.2) is 14.5 Å². The van der Waals surface area contributed by atoms with Crippen molar-refractivity contribution < 1.29 is 22.8 Å². The van der Waals surface area contributed by atoms with Gasteiger partial charge in [-0.2, -0.15) is 18.3 Å². The Morgan fingerprint density at radius 3 is 2.59 bits per heavy atom. The average Bonchev–Trinajstić information content (AvgIpc) is 3.40. The maximum Gasteiger partial charge on any atom is 0.418 e. The minimum absolute atomic E-state index is 0.120. The highest BCUT2D eigenvalue weighted by molar-refractivity contribution is 6.29. The van der Waals surface area contributed by atoms with Crippen LogP contribution in [0.25, 0.3) is 5.65 Å². The van der Waals surface area contributed by atoms with Crippen LogP contribution in [0.2, 0.25) is 5.15 Å². The number of nitrogens with one attached hydrogen (secondary N) is 2. The number of pyridine rings is 1. The van der Waals surface area contributed by atoms with Gasteiger partial charge in [0.05, 0.1) is 29.1 Å². The Bertz CT molecular complexity index is 1330. The SMILES string of the molecule is CC1(C)CC(C(=O)Nc2cnc(C(=O)NC3CC3)c(C(F)(F)F)c2)c2cnc3cc(Cl)nn3c21. The number of alkyl halides is 3. The van der Waals surface area contributed by atoms with Gasteiger partial charge in [0.15, 0.2) is 10.8 Å². The molecule has 3 aromatic rings. The summed E-state index contributed by atoms with van der Waals surface area (Å²) in [5, 5.41) is 9.57. The van der Waals surface area contributed by atoms with Gasteiger partial charge in [-0.1, -0.05) is 25.4 Å². The molecule has 178 valence electrons. The van der Waals surface area contributed by atoms with Gasteiger partial charge < -0.3 is 10.6 Å². The van der Waals surface area contributed by atoms with Crippen LogP contribution in [0.3, 0.4) is 0 Å². The summed E-state index contributed by atoms with van der Waals surface area (Å²) in [6.07, 6.45) is -0.329. The first-order valence-corrected chi connectivity index (χ1v) is 11.1. The van der Waals surface area contributed by atoms with E-state index in [1.165, 1.54) is 0 Å². The summed E-state index contributed by atoms with van der Waals surface area (Å²) in [7, 11) is 0. The molecule has 8 nitrogen and oxygen atoms in total. The van der Waals surface area contributed by atoms with Gasteiger partial charge >= 0.3 is 6.18 Å². The van der Waals surface area contributed by atoms with Gasteiger partial charge in [0.2, 0.25) is 5.91 Å². The van der Waals surface area contributed by atoms with Gasteiger partial charge in [-0.05, 0) is 25.3 Å². The molecule has 12 heteroatoms. The number of hydrogen-bond donors (Lipinski definition) is 2. The molecule has 1 saturated carbocycles. The van der Waals surface area contributed by atoms with Crippen molar-refractivity contribution in [2.24, 2.45) is 0 Å². The van der Waals surface area contributed by atoms with Gasteiger partial charge in [-0.15, -0.1) is 0 Å². The summed E-state index contributed by atoms with van der Waals surface area (Å²) in [5.41, 5.74) is -0.602. The van der Waals surface area contributed by atoms with Crippen molar-refractivity contribution in [3.63, 3.8) is 0 Å². The summed E-state index contributed by atoms with van der Waals surface area (Å²) in [6.45, 7) is 3.90. The van der Waals surface area contributed by atoms with Crippen LogP contribution >= 0.6 is 11.6 Å². The first kappa shape index (κ1) is 22.6. The molecule has 0 radical (unpaired) electrons. The van der Waals surface area contributed by atoms with Crippen LogP contribution in [0.15, 0.2) is 24.5 Å². The molecule has 3 aromatic heterocycles. The van der Waals surface area contributed by atoms with E-state index in [0.29, 0.717) is 17.6 Å². The summed E-state index contributed by atoms with van der Waals surface area (Å²) in [5.74, 6) is -2.06. The molecule has 5 rings (SSSR count). The zero-order chi connectivity index (χ0) is 24.4. The number of hydrogen-bond acceptors (Lipinski definition) is 5. The largest absolute Gasteiger partial charge is 0.418 e. The number of halogens is 4. The lowest BCUT2D eigenvalue weighted by atomic mass is 9.88. The van der Waals surface area contributed by atoms with E-state index in [1.54, 1.807) is 16.8 Å². The number of nitrogens with zero attached hydrogens (tertiary/aromatic N) is 4. The standard InChI is InChI=1S/C22H20ClF3N6O2/c1-21(2)7-12(13-9-27-16-6-15(23)31-32(16)18(13)21)19(33)30-11-5-14(22(24,25)26)17(28-8-11)20(34)29-10-3-4-10/h5-6,8-10,12H,3-4,7H2,1-2H3,(H,29,34)(H,30,33). The lowest BCUT2D eigenvalue weighted by Gasteiger charge is -2.19. The number of rotatable bonds is 4. The zero-order valence-electron chi connectivity index (χ0n) is 18.2. The molecule has 2 N–H and O–H groups in total. The van der Waals surface area contributed by atoms with Crippen molar-refractivity contribution in [1.82, 2.24) is 24.9 Å². The Balaban J connectivity index is 1.45. The highest BCUT2D eigenvalue weighted by Crippen LogP contribution is 2.46. The predicted octanol–water partition coefficient (Wildman–Crippen LogP) is 4.09. The Labute approximate surface area is 196 Å². The highest BCUT2D eigenvalue weighted by Gasteiger charge is 2.43. The quantitative estimate of drug-likeness (QED) is 0.571. The molecular formula is C22H20ClF3N6O2. The minimum atomic E-state index is -4.82. The highest BCUT2D eigenvalue weighted by atomic mass is 35.5. The van der Waals surface area contributed by atoms with Crippen molar-refractivity contribution in [3.8, 4) is 0 Å². The Morgan fingerprint density at radius 2 is 1.91 bits per heavy atom. The Hall–Kier alpha value is -3.21. The van der Waals surface area contributed by atoms with Crippen LogP contribution in [0.4, 0.5) is 18.9 Å². The molecule has 2 aliphatic carbocycles. The van der Waals surface area contributed by atoms with Crippen molar-refractivity contribution in [2.75, 3.05) is 5.32 Å². The second-order valence-electron chi connectivity index (χ2n) is 9.29. The number of anilines is 1. The number of aromatic nitrogens is 4. The minimum Gasteiger partial charge on any atom is -0.348 e. The second-order valence-corrected chi connectivity index (χ2v) is 9.68. The number of fused-ring (bicyclic) bond motifs is 3. The van der Waals surface area contributed by atoms with Crippen LogP contribution in [0.5, 0.6) is 0 Å². The fourth-order valence-corrected chi connectivity index (χ4v) is 4.62. The maximum atomic E-state index is 13.7. The van der Waals surface area contributed by atoms with Crippen LogP contribution in [0.1, 0.15) is 66.3 Å². The van der Waals surface area contributed by atoms with Crippen LogP contribution in [0, 0.1) is 0 Å². The first-order chi connectivity index (χ1) is 15.9. The molecule has 1 atom stereocenters. The Morgan fingerprint density at radius 1 is 1.18 bits per heavy atom. The van der Waals surface area contributed by atoms with E-state index in [9.17, 15) is 22.8 Å². The molecule has 34 heavy (non-hydrogen) atoms. The smallest absolute Gasteiger partial charge is 0.348 e. The van der Waals surface area contributed by atoms with E-state index in [0.717, 1.165) is 30.8 Å². The van der Waals surface area contributed by atoms with Crippen LogP contribution in [-0.4, -0.2) is 37.4 Å². The third kappa shape index (κ3) is 3.97. The molecule has 2 aliphatic rings. The van der Waals surface area contributed by atoms with E-state index in [4.69, 9.17) is 11.6 Å². The lowest BCUT2D eigenvalue weighted by molar-refractivity contribution is -0.138. The topological polar surface area (TPSA) is 101 Å². The van der Waals surface area contributed by atoms with Crippen LogP contribution < -0.4 is 10.6 Å². The molecule has 0 aliphatic heterocycles. The molecule has 0 spiro atoms. The summed E-state index contributed by atoms with van der Waals surface area (Å²) in [6, 6.07) is 2.23. The van der Waals surface area contributed by atoms with Gasteiger partial charge in [0.1, 0.15) is 5.69 Å². The molecule has 0 bridgehead atoms. The fraction of sp³-hybridized carbons (Fsp3) is 0.409. The summed E-state index contributed by atoms with van der Waals surface area (Å²) < 4.78 is 42.6. The van der Waals surface area contributed by atoms with Crippen LogP contribution in [-0.2, 0) is 16.4 Å². The van der Waals surface area contributed by atoms with E-state index < -0.39 is 40.6 Å². The van der Waals surface area contributed by atoms with E-state index in [2.05, 4.69) is 25.7 Å². The molecule has 0 aromatic carbocycles. The summed E-state index contributed by atoms with van der Waals surface area (Å²) in [4.78, 5) is 33.4. The van der Waals surface area contributed by atoms with E-state index >= 15 is 0 Å². The first-order valence-electron chi connectivity index (χ1n) is 10.7. The molecule has 2 amide bonds. The monoisotopic (exact) mass is 492 g/mol. The molecule has 1 fully saturated rings. The van der Waals surface area contributed by atoms with Gasteiger partial charge in [0.25, 0.3) is 5.91 Å². The maximum absolute atomic E-state index is 13.7. The number of carbonyl (C=O) groups is 2. The molecule has 1 unspecified atom stereocenters. The fourth-order valence-electron chi connectivity index (χ4n) is 4.44. The van der Waals surface area contributed by atoms with E-state index in [-0.39, 0.29) is 16.9 Å². The average molecular weight is 493 g/mol. The molecule has 0 saturated heterocycles. The second kappa shape index (κ2) is 7.66. The Kier molecular flexibility index (Phi) is 5.08. The lowest BCUT2D eigenvalue weighted by Crippen LogP contribution is -2.29. The zero-order valence-corrected chi connectivity index (χ0v) is 19.0. The molecular weight excluding hydrogens is 473 g/mol. The van der Waals surface area contributed by atoms with Crippen molar-refractivity contribution in [2.45, 2.75) is 56.7 Å². The normalized spacial score (nSPS) is 19.2. The summed E-state index contributed by atoms with van der Waals surface area (Å²) >= 11 is 6.02. The third-order valence-electron chi connectivity index (χ3n) is 6.12. The number of carbonyl (C=O) groups excluding carboxylic acids is 2. The number of amides is 2. The molecule has 3 heterocycles. The predicted molar refractivity (Wildman–Crippen MR) is 117 cm³/mol. The van der Waals surface area contributed by atoms with Crippen molar-refractivity contribution in [1.29, 1.82) is 0 Å². The van der Waals surface area contributed by atoms with Crippen molar-refractivity contribution >= 4 is 34.7 Å². The van der Waals surface area contributed by atoms with Gasteiger partial charge in [-0.3, -0.25) is 9.59 Å².